The number of aliphatic hydroxyl groups excluding tert-OH is 1. The van der Waals surface area contributed by atoms with Crippen LogP contribution in [0, 0.1) is 0 Å². The summed E-state index contributed by atoms with van der Waals surface area (Å²) in [5, 5.41) is 21.4. The summed E-state index contributed by atoms with van der Waals surface area (Å²) >= 11 is 0. The van der Waals surface area contributed by atoms with Crippen LogP contribution in [0.5, 0.6) is 0 Å². The molecule has 2 rings (SSSR count). The molecule has 0 aliphatic rings. The van der Waals surface area contributed by atoms with E-state index in [0.717, 1.165) is 5.56 Å². The van der Waals surface area contributed by atoms with E-state index >= 15 is 0 Å². The van der Waals surface area contributed by atoms with Gasteiger partial charge in [-0.25, -0.2) is 4.68 Å². The number of aryl methyl sites for hydroxylation is 2. The van der Waals surface area contributed by atoms with Crippen LogP contribution in [0.4, 0.5) is 0 Å². The van der Waals surface area contributed by atoms with Crippen LogP contribution < -0.4 is 0 Å². The predicted octanol–water partition coefficient (Wildman–Crippen LogP) is -0.370. The van der Waals surface area contributed by atoms with Gasteiger partial charge in [0.2, 0.25) is 0 Å². The van der Waals surface area contributed by atoms with Crippen molar-refractivity contribution in [2.45, 2.75) is 6.10 Å². The molecule has 14 heavy (non-hydrogen) atoms. The zero-order valence-corrected chi connectivity index (χ0v) is 7.99. The van der Waals surface area contributed by atoms with Crippen molar-refractivity contribution in [3.05, 3.63) is 29.8 Å². The van der Waals surface area contributed by atoms with Gasteiger partial charge in [-0.1, -0.05) is 5.21 Å². The van der Waals surface area contributed by atoms with Crippen LogP contribution in [0.25, 0.3) is 0 Å². The summed E-state index contributed by atoms with van der Waals surface area (Å²) in [7, 11) is 3.54. The fourth-order valence-electron chi connectivity index (χ4n) is 1.30. The Balaban J connectivity index is 2.33. The Hall–Kier alpha value is -1.69. The van der Waals surface area contributed by atoms with Crippen LogP contribution >= 0.6 is 0 Å². The molecular weight excluding hydrogens is 182 g/mol. The molecule has 0 aliphatic carbocycles. The maximum Gasteiger partial charge on any atom is 0.125 e. The van der Waals surface area contributed by atoms with Crippen LogP contribution in [0.15, 0.2) is 18.6 Å². The van der Waals surface area contributed by atoms with E-state index in [1.54, 1.807) is 31.2 Å². The molecule has 6 nitrogen and oxygen atoms in total. The van der Waals surface area contributed by atoms with Gasteiger partial charge in [0.05, 0.1) is 18.1 Å². The SMILES string of the molecule is Cn1cc(C(O)c2cnnn2C)cn1. The summed E-state index contributed by atoms with van der Waals surface area (Å²) in [5.74, 6) is 0. The fraction of sp³-hybridized carbons (Fsp3) is 0.375. The molecule has 74 valence electrons. The van der Waals surface area contributed by atoms with Crippen LogP contribution in [-0.2, 0) is 14.1 Å². The van der Waals surface area contributed by atoms with E-state index in [0.29, 0.717) is 5.69 Å². The van der Waals surface area contributed by atoms with E-state index in [2.05, 4.69) is 15.4 Å². The molecule has 0 fully saturated rings. The highest BCUT2D eigenvalue weighted by Gasteiger charge is 2.15. The summed E-state index contributed by atoms with van der Waals surface area (Å²) < 4.78 is 3.18. The normalized spacial score (nSPS) is 13.1. The van der Waals surface area contributed by atoms with Crippen LogP contribution in [0.3, 0.4) is 0 Å². The number of aromatic nitrogens is 5. The van der Waals surface area contributed by atoms with Gasteiger partial charge in [0.1, 0.15) is 6.10 Å². The third-order valence-corrected chi connectivity index (χ3v) is 2.07. The number of rotatable bonds is 2. The third kappa shape index (κ3) is 1.39. The summed E-state index contributed by atoms with van der Waals surface area (Å²) in [4.78, 5) is 0. The van der Waals surface area contributed by atoms with Crippen molar-refractivity contribution in [2.24, 2.45) is 14.1 Å². The molecule has 1 N–H and O–H groups in total. The van der Waals surface area contributed by atoms with Gasteiger partial charge in [-0.3, -0.25) is 4.68 Å². The van der Waals surface area contributed by atoms with Crippen molar-refractivity contribution in [3.8, 4) is 0 Å². The molecule has 0 saturated carbocycles. The molecule has 2 aromatic rings. The number of nitrogens with zero attached hydrogens (tertiary/aromatic N) is 5. The zero-order chi connectivity index (χ0) is 10.1. The van der Waals surface area contributed by atoms with Gasteiger partial charge in [-0.2, -0.15) is 5.10 Å². The maximum absolute atomic E-state index is 9.92. The molecule has 2 aromatic heterocycles. The van der Waals surface area contributed by atoms with E-state index < -0.39 is 6.10 Å². The lowest BCUT2D eigenvalue weighted by molar-refractivity contribution is 0.209. The van der Waals surface area contributed by atoms with Crippen LogP contribution in [-0.4, -0.2) is 29.9 Å². The summed E-state index contributed by atoms with van der Waals surface area (Å²) in [6.45, 7) is 0. The Morgan fingerprint density at radius 3 is 2.64 bits per heavy atom. The Morgan fingerprint density at radius 1 is 1.36 bits per heavy atom. The van der Waals surface area contributed by atoms with E-state index in [1.807, 2.05) is 0 Å². The minimum atomic E-state index is -0.719. The highest BCUT2D eigenvalue weighted by Crippen LogP contribution is 2.18. The Labute approximate surface area is 80.8 Å². The monoisotopic (exact) mass is 193 g/mol. The van der Waals surface area contributed by atoms with E-state index in [4.69, 9.17) is 0 Å². The Kier molecular flexibility index (Phi) is 2.05. The first-order valence-electron chi connectivity index (χ1n) is 4.19. The van der Waals surface area contributed by atoms with Crippen molar-refractivity contribution in [1.82, 2.24) is 24.8 Å². The standard InChI is InChI=1S/C8H11N5O/c1-12-5-6(3-10-12)8(14)7-4-9-11-13(7)2/h3-5,8,14H,1-2H3. The lowest BCUT2D eigenvalue weighted by atomic mass is 10.1. The van der Waals surface area contributed by atoms with Crippen LogP contribution in [0.1, 0.15) is 17.4 Å². The molecule has 1 atom stereocenters. The van der Waals surface area contributed by atoms with Gasteiger partial charge in [0, 0.05) is 25.9 Å². The van der Waals surface area contributed by atoms with E-state index in [-0.39, 0.29) is 0 Å². The quantitative estimate of drug-likeness (QED) is 0.706. The number of hydrogen-bond acceptors (Lipinski definition) is 4. The molecule has 0 aliphatic heterocycles. The number of aliphatic hydroxyl groups is 1. The highest BCUT2D eigenvalue weighted by atomic mass is 16.3. The second-order valence-corrected chi connectivity index (χ2v) is 3.13. The minimum absolute atomic E-state index is 0.651. The zero-order valence-electron chi connectivity index (χ0n) is 7.99. The molecule has 6 heteroatoms. The summed E-state index contributed by atoms with van der Waals surface area (Å²) in [5.41, 5.74) is 1.39. The van der Waals surface area contributed by atoms with Gasteiger partial charge in [-0.15, -0.1) is 5.10 Å². The van der Waals surface area contributed by atoms with Gasteiger partial charge >= 0.3 is 0 Å². The smallest absolute Gasteiger partial charge is 0.125 e. The fourth-order valence-corrected chi connectivity index (χ4v) is 1.30. The molecule has 0 saturated heterocycles. The summed E-state index contributed by atoms with van der Waals surface area (Å²) in [6, 6.07) is 0. The second-order valence-electron chi connectivity index (χ2n) is 3.13. The van der Waals surface area contributed by atoms with Crippen molar-refractivity contribution in [3.63, 3.8) is 0 Å². The average Bonchev–Trinajstić information content (AvgIpc) is 2.73. The molecular formula is C8H11N5O. The number of hydrogen-bond donors (Lipinski definition) is 1. The first kappa shape index (κ1) is 8.89. The van der Waals surface area contributed by atoms with Crippen molar-refractivity contribution in [1.29, 1.82) is 0 Å². The topological polar surface area (TPSA) is 68.8 Å². The maximum atomic E-state index is 9.92. The van der Waals surface area contributed by atoms with Gasteiger partial charge in [0.15, 0.2) is 0 Å². The lowest BCUT2D eigenvalue weighted by Crippen LogP contribution is -2.05. The minimum Gasteiger partial charge on any atom is -0.382 e. The molecule has 0 amide bonds. The Morgan fingerprint density at radius 2 is 2.14 bits per heavy atom. The molecule has 0 radical (unpaired) electrons. The van der Waals surface area contributed by atoms with Crippen molar-refractivity contribution >= 4 is 0 Å². The first-order chi connectivity index (χ1) is 6.68. The largest absolute Gasteiger partial charge is 0.382 e. The molecule has 0 spiro atoms. The van der Waals surface area contributed by atoms with Gasteiger partial charge in [-0.05, 0) is 0 Å². The summed E-state index contributed by atoms with van der Waals surface area (Å²) in [6.07, 6.45) is 4.20. The first-order valence-corrected chi connectivity index (χ1v) is 4.19. The molecule has 0 bridgehead atoms. The highest BCUT2D eigenvalue weighted by molar-refractivity contribution is 5.18. The molecule has 2 heterocycles. The van der Waals surface area contributed by atoms with E-state index in [1.165, 1.54) is 10.9 Å². The van der Waals surface area contributed by atoms with Crippen molar-refractivity contribution in [2.75, 3.05) is 0 Å². The van der Waals surface area contributed by atoms with Crippen LogP contribution in [0.2, 0.25) is 0 Å². The lowest BCUT2D eigenvalue weighted by Gasteiger charge is -2.06. The predicted molar refractivity (Wildman–Crippen MR) is 48.3 cm³/mol. The van der Waals surface area contributed by atoms with Crippen molar-refractivity contribution < 1.29 is 5.11 Å². The van der Waals surface area contributed by atoms with E-state index in [9.17, 15) is 5.11 Å². The Bertz CT molecular complexity index is 432. The molecule has 1 unspecified atom stereocenters. The van der Waals surface area contributed by atoms with Gasteiger partial charge in [0.25, 0.3) is 0 Å². The van der Waals surface area contributed by atoms with Gasteiger partial charge < -0.3 is 5.11 Å². The third-order valence-electron chi connectivity index (χ3n) is 2.07. The second kappa shape index (κ2) is 3.22. The molecule has 0 aromatic carbocycles. The average molecular weight is 193 g/mol.